The van der Waals surface area contributed by atoms with E-state index < -0.39 is 6.03 Å². The van der Waals surface area contributed by atoms with Crippen LogP contribution in [0.15, 0.2) is 12.1 Å². The van der Waals surface area contributed by atoms with Gasteiger partial charge in [-0.3, -0.25) is 9.59 Å². The zero-order valence-corrected chi connectivity index (χ0v) is 13.4. The van der Waals surface area contributed by atoms with Gasteiger partial charge in [0.2, 0.25) is 5.91 Å². The molecule has 3 N–H and O–H groups in total. The van der Waals surface area contributed by atoms with Gasteiger partial charge in [0, 0.05) is 37.7 Å². The van der Waals surface area contributed by atoms with Crippen molar-refractivity contribution in [2.45, 2.75) is 25.8 Å². The van der Waals surface area contributed by atoms with E-state index in [-0.39, 0.29) is 23.1 Å². The Labute approximate surface area is 140 Å². The first kappa shape index (κ1) is 16.3. The number of carbonyl (C=O) groups excluding carboxylic acids is 3. The van der Waals surface area contributed by atoms with Crippen LogP contribution in [-0.2, 0) is 17.8 Å². The Bertz CT molecular complexity index is 681. The molecule has 0 unspecified atom stereocenters. The monoisotopic (exact) mass is 331 g/mol. The third kappa shape index (κ3) is 2.93. The molecule has 1 fully saturated rings. The summed E-state index contributed by atoms with van der Waals surface area (Å²) >= 11 is 0. The first-order chi connectivity index (χ1) is 11.5. The molecule has 0 bridgehead atoms. The van der Waals surface area contributed by atoms with E-state index in [1.165, 1.54) is 0 Å². The highest BCUT2D eigenvalue weighted by atomic mass is 16.3. The van der Waals surface area contributed by atoms with Crippen molar-refractivity contribution in [1.82, 2.24) is 9.80 Å². The van der Waals surface area contributed by atoms with Crippen molar-refractivity contribution in [1.29, 1.82) is 0 Å². The predicted octanol–water partition coefficient (Wildman–Crippen LogP) is 0.880. The summed E-state index contributed by atoms with van der Waals surface area (Å²) in [5.74, 6) is 0.0260. The molecule has 0 radical (unpaired) electrons. The molecule has 3 amide bonds. The number of urea groups is 1. The van der Waals surface area contributed by atoms with E-state index in [2.05, 4.69) is 0 Å². The molecule has 0 aromatic heterocycles. The fraction of sp³-hybridized carbons (Fsp3) is 0.471. The average Bonchev–Trinajstić information content (AvgIpc) is 2.61. The normalized spacial score (nSPS) is 18.2. The second kappa shape index (κ2) is 6.51. The second-order valence-electron chi connectivity index (χ2n) is 6.37. The number of benzene rings is 1. The van der Waals surface area contributed by atoms with Crippen molar-refractivity contribution in [3.8, 4) is 5.75 Å². The molecule has 7 nitrogen and oxygen atoms in total. The first-order valence-electron chi connectivity index (χ1n) is 8.13. The number of nitrogens with two attached hydrogens (primary N) is 1. The van der Waals surface area contributed by atoms with E-state index in [9.17, 15) is 19.5 Å². The van der Waals surface area contributed by atoms with Crippen LogP contribution in [0.1, 0.15) is 34.3 Å². The molecular weight excluding hydrogens is 310 g/mol. The number of carbonyl (C=O) groups is 3. The number of amides is 3. The maximum absolute atomic E-state index is 12.7. The highest BCUT2D eigenvalue weighted by Gasteiger charge is 2.31. The van der Waals surface area contributed by atoms with Gasteiger partial charge >= 0.3 is 6.03 Å². The van der Waals surface area contributed by atoms with Crippen LogP contribution in [0.5, 0.6) is 5.75 Å². The zero-order valence-electron chi connectivity index (χ0n) is 13.4. The van der Waals surface area contributed by atoms with Gasteiger partial charge in [0.25, 0.3) is 0 Å². The third-order valence-corrected chi connectivity index (χ3v) is 5.00. The highest BCUT2D eigenvalue weighted by Crippen LogP contribution is 2.31. The summed E-state index contributed by atoms with van der Waals surface area (Å²) in [6, 6.07) is 2.95. The Balaban J connectivity index is 1.67. The van der Waals surface area contributed by atoms with Crippen LogP contribution >= 0.6 is 0 Å². The number of hydrogen-bond acceptors (Lipinski definition) is 4. The van der Waals surface area contributed by atoms with Gasteiger partial charge in [-0.05, 0) is 30.9 Å². The molecule has 24 heavy (non-hydrogen) atoms. The van der Waals surface area contributed by atoms with Gasteiger partial charge in [0.05, 0.1) is 5.56 Å². The fourth-order valence-corrected chi connectivity index (χ4v) is 3.54. The molecular formula is C17H21N3O4. The zero-order chi connectivity index (χ0) is 17.3. The Morgan fingerprint density at radius 3 is 2.50 bits per heavy atom. The quantitative estimate of drug-likeness (QED) is 0.785. The molecule has 2 aliphatic rings. The van der Waals surface area contributed by atoms with Crippen molar-refractivity contribution in [3.05, 3.63) is 28.8 Å². The Morgan fingerprint density at radius 1 is 1.17 bits per heavy atom. The number of rotatable bonds is 2. The van der Waals surface area contributed by atoms with E-state index in [1.54, 1.807) is 21.9 Å². The van der Waals surface area contributed by atoms with Crippen molar-refractivity contribution in [3.63, 3.8) is 0 Å². The summed E-state index contributed by atoms with van der Waals surface area (Å²) in [6.45, 7) is 1.99. The van der Waals surface area contributed by atoms with Gasteiger partial charge < -0.3 is 20.6 Å². The standard InChI is InChI=1S/C17H21N3O4/c18-17(24)19-6-3-11(4-7-19)16(23)20-8-5-14-12(9-20)1-2-13(10-21)15(14)22/h1-2,10-11,22H,3-9H2,(H2,18,24). The molecule has 2 aliphatic heterocycles. The molecule has 0 atom stereocenters. The molecule has 1 aromatic carbocycles. The van der Waals surface area contributed by atoms with Crippen molar-refractivity contribution in [2.24, 2.45) is 11.7 Å². The molecule has 0 saturated carbocycles. The van der Waals surface area contributed by atoms with Gasteiger partial charge in [0.1, 0.15) is 5.75 Å². The summed E-state index contributed by atoms with van der Waals surface area (Å²) < 4.78 is 0. The first-order valence-corrected chi connectivity index (χ1v) is 8.13. The summed E-state index contributed by atoms with van der Waals surface area (Å²) in [7, 11) is 0. The minimum absolute atomic E-state index is 0.0318. The summed E-state index contributed by atoms with van der Waals surface area (Å²) in [5, 5.41) is 10.1. The number of fused-ring (bicyclic) bond motifs is 1. The maximum Gasteiger partial charge on any atom is 0.314 e. The van der Waals surface area contributed by atoms with Crippen molar-refractivity contribution >= 4 is 18.2 Å². The minimum Gasteiger partial charge on any atom is -0.507 e. The van der Waals surface area contributed by atoms with Crippen LogP contribution in [0.2, 0.25) is 0 Å². The Kier molecular flexibility index (Phi) is 4.42. The van der Waals surface area contributed by atoms with Gasteiger partial charge in [0.15, 0.2) is 6.29 Å². The average molecular weight is 331 g/mol. The smallest absolute Gasteiger partial charge is 0.314 e. The number of phenols is 1. The number of likely N-dealkylation sites (tertiary alicyclic amines) is 1. The SMILES string of the molecule is NC(=O)N1CCC(C(=O)N2CCc3c(ccc(C=O)c3O)C2)CC1. The van der Waals surface area contributed by atoms with E-state index >= 15 is 0 Å². The topological polar surface area (TPSA) is 104 Å². The molecule has 7 heteroatoms. The van der Waals surface area contributed by atoms with E-state index in [1.807, 2.05) is 0 Å². The van der Waals surface area contributed by atoms with Crippen LogP contribution < -0.4 is 5.73 Å². The molecule has 1 aromatic rings. The third-order valence-electron chi connectivity index (χ3n) is 5.00. The summed E-state index contributed by atoms with van der Waals surface area (Å²) in [6.07, 6.45) is 2.43. The van der Waals surface area contributed by atoms with Crippen molar-refractivity contribution in [2.75, 3.05) is 19.6 Å². The maximum atomic E-state index is 12.7. The molecule has 0 aliphatic carbocycles. The van der Waals surface area contributed by atoms with Gasteiger partial charge in [-0.15, -0.1) is 0 Å². The number of hydrogen-bond donors (Lipinski definition) is 2. The van der Waals surface area contributed by atoms with Crippen LogP contribution in [0, 0.1) is 5.92 Å². The van der Waals surface area contributed by atoms with Gasteiger partial charge in [-0.1, -0.05) is 6.07 Å². The van der Waals surface area contributed by atoms with E-state index in [0.717, 1.165) is 11.1 Å². The molecule has 3 rings (SSSR count). The lowest BCUT2D eigenvalue weighted by Crippen LogP contribution is -2.47. The number of aromatic hydroxyl groups is 1. The van der Waals surface area contributed by atoms with Crippen LogP contribution in [-0.4, -0.2) is 52.8 Å². The molecule has 2 heterocycles. The molecule has 0 spiro atoms. The largest absolute Gasteiger partial charge is 0.507 e. The number of aldehydes is 1. The number of primary amides is 1. The van der Waals surface area contributed by atoms with E-state index in [4.69, 9.17) is 5.73 Å². The minimum atomic E-state index is -0.436. The number of nitrogens with zero attached hydrogens (tertiary/aromatic N) is 2. The second-order valence-corrected chi connectivity index (χ2v) is 6.37. The Hall–Kier alpha value is -2.57. The molecule has 1 saturated heterocycles. The fourth-order valence-electron chi connectivity index (χ4n) is 3.54. The van der Waals surface area contributed by atoms with Gasteiger partial charge in [-0.25, -0.2) is 4.79 Å². The van der Waals surface area contributed by atoms with Crippen LogP contribution in [0.3, 0.4) is 0 Å². The molecule has 128 valence electrons. The lowest BCUT2D eigenvalue weighted by atomic mass is 9.92. The lowest BCUT2D eigenvalue weighted by molar-refractivity contribution is -0.137. The summed E-state index contributed by atoms with van der Waals surface area (Å²) in [4.78, 5) is 38.1. The van der Waals surface area contributed by atoms with Gasteiger partial charge in [-0.2, -0.15) is 0 Å². The van der Waals surface area contributed by atoms with Crippen LogP contribution in [0.4, 0.5) is 4.79 Å². The number of phenolic OH excluding ortho intramolecular Hbond substituents is 1. The highest BCUT2D eigenvalue weighted by molar-refractivity contribution is 5.82. The Morgan fingerprint density at radius 2 is 1.88 bits per heavy atom. The predicted molar refractivity (Wildman–Crippen MR) is 86.5 cm³/mol. The lowest BCUT2D eigenvalue weighted by Gasteiger charge is -2.35. The van der Waals surface area contributed by atoms with Crippen LogP contribution in [0.25, 0.3) is 0 Å². The summed E-state index contributed by atoms with van der Waals surface area (Å²) in [5.41, 5.74) is 7.19. The number of piperidine rings is 1. The van der Waals surface area contributed by atoms with E-state index in [0.29, 0.717) is 51.7 Å². The van der Waals surface area contributed by atoms with Crippen molar-refractivity contribution < 1.29 is 19.5 Å².